The largest absolute Gasteiger partial charge is 0.369 e. The average molecular weight is 318 g/mol. The van der Waals surface area contributed by atoms with E-state index in [4.69, 9.17) is 5.73 Å². The van der Waals surface area contributed by atoms with Crippen molar-refractivity contribution in [3.8, 4) is 0 Å². The van der Waals surface area contributed by atoms with Gasteiger partial charge in [0.05, 0.1) is 16.3 Å². The van der Waals surface area contributed by atoms with E-state index in [9.17, 15) is 4.79 Å². The maximum absolute atomic E-state index is 11.5. The van der Waals surface area contributed by atoms with Gasteiger partial charge in [0.1, 0.15) is 5.82 Å². The third-order valence-corrected chi connectivity index (χ3v) is 4.66. The number of aryl methyl sites for hydroxylation is 2. The molecule has 22 heavy (non-hydrogen) atoms. The van der Waals surface area contributed by atoms with Crippen LogP contribution in [0.25, 0.3) is 0 Å². The van der Waals surface area contributed by atoms with Gasteiger partial charge in [0.25, 0.3) is 5.91 Å². The number of nitrogens with one attached hydrogen (secondary N) is 1. The number of anilines is 1. The molecule has 0 aromatic carbocycles. The van der Waals surface area contributed by atoms with Gasteiger partial charge in [0.15, 0.2) is 0 Å². The molecule has 0 aliphatic rings. The number of hydrogen-bond acceptors (Lipinski definition) is 5. The zero-order valence-corrected chi connectivity index (χ0v) is 14.3. The second kappa shape index (κ2) is 6.87. The first-order valence-corrected chi connectivity index (χ1v) is 8.22. The molecule has 0 aliphatic heterocycles. The molecule has 118 valence electrons. The van der Waals surface area contributed by atoms with Crippen molar-refractivity contribution in [3.63, 3.8) is 0 Å². The molecule has 0 saturated carbocycles. The normalized spacial score (nSPS) is 11.0. The molecule has 0 atom stereocenters. The molecule has 0 radical (unpaired) electrons. The molecular weight excluding hydrogens is 296 g/mol. The van der Waals surface area contributed by atoms with E-state index in [2.05, 4.69) is 34.5 Å². The van der Waals surface area contributed by atoms with E-state index in [1.54, 1.807) is 17.4 Å². The predicted octanol–water partition coefficient (Wildman–Crippen LogP) is 3.03. The standard InChI is InChI=1S/C16H22N4OS/c1-9(2)16-20-12(8-22-16)5-6-18-15-13(14(17)21)7-10(3)11(4)19-15/h7-9H,5-6H2,1-4H3,(H2,17,21)(H,18,19). The molecule has 0 bridgehead atoms. The Kier molecular flexibility index (Phi) is 5.13. The molecule has 0 unspecified atom stereocenters. The van der Waals surface area contributed by atoms with Crippen LogP contribution in [0.5, 0.6) is 0 Å². The lowest BCUT2D eigenvalue weighted by Gasteiger charge is -2.11. The molecule has 6 heteroatoms. The monoisotopic (exact) mass is 318 g/mol. The first-order valence-electron chi connectivity index (χ1n) is 7.34. The van der Waals surface area contributed by atoms with Crippen LogP contribution in [0, 0.1) is 13.8 Å². The smallest absolute Gasteiger partial charge is 0.252 e. The lowest BCUT2D eigenvalue weighted by Crippen LogP contribution is -2.17. The molecule has 0 spiro atoms. The van der Waals surface area contributed by atoms with Gasteiger partial charge in [-0.25, -0.2) is 9.97 Å². The van der Waals surface area contributed by atoms with Crippen molar-refractivity contribution in [3.05, 3.63) is 39.0 Å². The molecule has 2 rings (SSSR count). The maximum atomic E-state index is 11.5. The minimum atomic E-state index is -0.464. The van der Waals surface area contributed by atoms with Gasteiger partial charge < -0.3 is 11.1 Å². The maximum Gasteiger partial charge on any atom is 0.252 e. The number of pyridine rings is 1. The highest BCUT2D eigenvalue weighted by Gasteiger charge is 2.12. The third-order valence-electron chi connectivity index (χ3n) is 3.47. The van der Waals surface area contributed by atoms with Gasteiger partial charge in [0, 0.05) is 30.0 Å². The Labute approximate surface area is 135 Å². The summed E-state index contributed by atoms with van der Waals surface area (Å²) in [6.07, 6.45) is 0.788. The molecule has 2 aromatic rings. The highest BCUT2D eigenvalue weighted by atomic mass is 32.1. The van der Waals surface area contributed by atoms with Gasteiger partial charge in [-0.05, 0) is 25.5 Å². The zero-order chi connectivity index (χ0) is 16.3. The van der Waals surface area contributed by atoms with Crippen molar-refractivity contribution < 1.29 is 4.79 Å². The van der Waals surface area contributed by atoms with Crippen molar-refractivity contribution in [1.82, 2.24) is 9.97 Å². The number of nitrogens with two attached hydrogens (primary N) is 1. The minimum Gasteiger partial charge on any atom is -0.369 e. The zero-order valence-electron chi connectivity index (χ0n) is 13.4. The quantitative estimate of drug-likeness (QED) is 0.858. The number of amides is 1. The number of nitrogens with zero attached hydrogens (tertiary/aromatic N) is 2. The van der Waals surface area contributed by atoms with E-state index < -0.39 is 5.91 Å². The molecule has 0 saturated heterocycles. The van der Waals surface area contributed by atoms with Crippen LogP contribution in [0.1, 0.15) is 52.1 Å². The highest BCUT2D eigenvalue weighted by Crippen LogP contribution is 2.20. The van der Waals surface area contributed by atoms with E-state index in [0.717, 1.165) is 28.4 Å². The average Bonchev–Trinajstić information content (AvgIpc) is 2.91. The second-order valence-corrected chi connectivity index (χ2v) is 6.55. The Hall–Kier alpha value is -1.95. The van der Waals surface area contributed by atoms with Gasteiger partial charge in [-0.1, -0.05) is 13.8 Å². The topological polar surface area (TPSA) is 80.9 Å². The fourth-order valence-electron chi connectivity index (χ4n) is 2.04. The Balaban J connectivity index is 2.04. The molecule has 5 nitrogen and oxygen atoms in total. The summed E-state index contributed by atoms with van der Waals surface area (Å²) in [5, 5.41) is 6.44. The van der Waals surface area contributed by atoms with Crippen LogP contribution < -0.4 is 11.1 Å². The molecule has 0 aliphatic carbocycles. The highest BCUT2D eigenvalue weighted by molar-refractivity contribution is 7.09. The SMILES string of the molecule is Cc1cc(C(N)=O)c(NCCc2csc(C(C)C)n2)nc1C. The van der Waals surface area contributed by atoms with Crippen molar-refractivity contribution in [2.45, 2.75) is 40.0 Å². The number of thiazole rings is 1. The Morgan fingerprint density at radius 2 is 2.09 bits per heavy atom. The van der Waals surface area contributed by atoms with Crippen LogP contribution in [0.4, 0.5) is 5.82 Å². The van der Waals surface area contributed by atoms with E-state index in [0.29, 0.717) is 23.8 Å². The molecular formula is C16H22N4OS. The van der Waals surface area contributed by atoms with E-state index in [-0.39, 0.29) is 0 Å². The van der Waals surface area contributed by atoms with Gasteiger partial charge >= 0.3 is 0 Å². The number of carbonyl (C=O) groups is 1. The number of aromatic nitrogens is 2. The summed E-state index contributed by atoms with van der Waals surface area (Å²) >= 11 is 1.69. The second-order valence-electron chi connectivity index (χ2n) is 5.66. The van der Waals surface area contributed by atoms with Crippen molar-refractivity contribution in [2.24, 2.45) is 5.73 Å². The summed E-state index contributed by atoms with van der Waals surface area (Å²) in [6.45, 7) is 8.77. The van der Waals surface area contributed by atoms with Gasteiger partial charge in [-0.2, -0.15) is 0 Å². The summed E-state index contributed by atoms with van der Waals surface area (Å²) in [4.78, 5) is 20.6. The van der Waals surface area contributed by atoms with Crippen LogP contribution in [0.3, 0.4) is 0 Å². The lowest BCUT2D eigenvalue weighted by atomic mass is 10.1. The summed E-state index contributed by atoms with van der Waals surface area (Å²) in [7, 11) is 0. The van der Waals surface area contributed by atoms with Crippen LogP contribution >= 0.6 is 11.3 Å². The van der Waals surface area contributed by atoms with E-state index >= 15 is 0 Å². The van der Waals surface area contributed by atoms with Crippen molar-refractivity contribution in [1.29, 1.82) is 0 Å². The fraction of sp³-hybridized carbons (Fsp3) is 0.438. The Bertz CT molecular complexity index is 679. The molecule has 1 amide bonds. The van der Waals surface area contributed by atoms with Crippen LogP contribution in [-0.4, -0.2) is 22.4 Å². The summed E-state index contributed by atoms with van der Waals surface area (Å²) in [5.74, 6) is 0.540. The first-order chi connectivity index (χ1) is 10.4. The summed E-state index contributed by atoms with van der Waals surface area (Å²) < 4.78 is 0. The Morgan fingerprint density at radius 3 is 2.68 bits per heavy atom. The van der Waals surface area contributed by atoms with E-state index in [1.807, 2.05) is 13.8 Å². The molecule has 2 aromatic heterocycles. The first kappa shape index (κ1) is 16.4. The fourth-order valence-corrected chi connectivity index (χ4v) is 2.91. The predicted molar refractivity (Wildman–Crippen MR) is 90.6 cm³/mol. The van der Waals surface area contributed by atoms with Crippen LogP contribution in [0.2, 0.25) is 0 Å². The number of hydrogen-bond donors (Lipinski definition) is 2. The van der Waals surface area contributed by atoms with Gasteiger partial charge in [-0.15, -0.1) is 11.3 Å². The molecule has 3 N–H and O–H groups in total. The van der Waals surface area contributed by atoms with E-state index in [1.165, 1.54) is 0 Å². The summed E-state index contributed by atoms with van der Waals surface area (Å²) in [6, 6.07) is 1.78. The minimum absolute atomic E-state index is 0.434. The number of rotatable bonds is 6. The van der Waals surface area contributed by atoms with Gasteiger partial charge in [-0.3, -0.25) is 4.79 Å². The van der Waals surface area contributed by atoms with Crippen LogP contribution in [-0.2, 0) is 6.42 Å². The van der Waals surface area contributed by atoms with Gasteiger partial charge in [0.2, 0.25) is 0 Å². The van der Waals surface area contributed by atoms with Crippen molar-refractivity contribution >= 4 is 23.1 Å². The van der Waals surface area contributed by atoms with Crippen molar-refractivity contribution in [2.75, 3.05) is 11.9 Å². The number of carbonyl (C=O) groups excluding carboxylic acids is 1. The third kappa shape index (κ3) is 3.82. The lowest BCUT2D eigenvalue weighted by molar-refractivity contribution is 0.100. The Morgan fingerprint density at radius 1 is 1.36 bits per heavy atom. The molecule has 2 heterocycles. The number of primary amides is 1. The summed E-state index contributed by atoms with van der Waals surface area (Å²) in [5.41, 5.74) is 8.77. The molecule has 0 fully saturated rings. The van der Waals surface area contributed by atoms with Crippen LogP contribution in [0.15, 0.2) is 11.4 Å².